The Hall–Kier alpha value is 0.650. The molecule has 0 saturated carbocycles. The van der Waals surface area contributed by atoms with E-state index >= 15 is 0 Å². The third-order valence-corrected chi connectivity index (χ3v) is 3.18. The molecule has 1 heterocycles. The van der Waals surface area contributed by atoms with E-state index in [2.05, 4.69) is 46.4 Å². The van der Waals surface area contributed by atoms with Gasteiger partial charge in [-0.1, -0.05) is 22.6 Å². The molecule has 1 rings (SSSR count). The molecule has 1 aliphatic heterocycles. The highest BCUT2D eigenvalue weighted by molar-refractivity contribution is 14.1. The minimum atomic E-state index is 0.782. The quantitative estimate of drug-likeness (QED) is 0.559. The zero-order chi connectivity index (χ0) is 8.97. The molecule has 72 valence electrons. The maximum absolute atomic E-state index is 2.61. The molecule has 0 amide bonds. The maximum atomic E-state index is 2.61. The van der Waals surface area contributed by atoms with Crippen LogP contribution in [0.25, 0.3) is 0 Å². The molecule has 1 fully saturated rings. The highest BCUT2D eigenvalue weighted by Crippen LogP contribution is 2.09. The number of halogens is 1. The van der Waals surface area contributed by atoms with Crippen LogP contribution in [-0.4, -0.2) is 53.5 Å². The van der Waals surface area contributed by atoms with Gasteiger partial charge in [-0.05, 0) is 26.9 Å². The fourth-order valence-corrected chi connectivity index (χ4v) is 2.28. The van der Waals surface area contributed by atoms with Gasteiger partial charge in [0.05, 0.1) is 0 Å². The van der Waals surface area contributed by atoms with Crippen LogP contribution in [0.4, 0.5) is 0 Å². The monoisotopic (exact) mass is 282 g/mol. The molecule has 0 aromatic carbocycles. The van der Waals surface area contributed by atoms with Crippen LogP contribution in [0.5, 0.6) is 0 Å². The number of hydrogen-bond donors (Lipinski definition) is 0. The fraction of sp³-hybridized carbons (Fsp3) is 1.00. The summed E-state index contributed by atoms with van der Waals surface area (Å²) >= 11 is 2.46. The van der Waals surface area contributed by atoms with Crippen molar-refractivity contribution in [1.29, 1.82) is 0 Å². The van der Waals surface area contributed by atoms with Crippen LogP contribution >= 0.6 is 22.6 Å². The van der Waals surface area contributed by atoms with Gasteiger partial charge in [0.25, 0.3) is 0 Å². The van der Waals surface area contributed by atoms with Crippen molar-refractivity contribution >= 4 is 22.6 Å². The Balaban J connectivity index is 2.38. The van der Waals surface area contributed by atoms with Gasteiger partial charge < -0.3 is 4.90 Å². The lowest BCUT2D eigenvalue weighted by Gasteiger charge is -2.25. The molecule has 1 unspecified atom stereocenters. The molecule has 0 N–H and O–H groups in total. The third-order valence-electron chi connectivity index (χ3n) is 2.69. The van der Waals surface area contributed by atoms with Crippen LogP contribution in [0.2, 0.25) is 0 Å². The predicted octanol–water partition coefficient (Wildman–Crippen LogP) is 1.45. The van der Waals surface area contributed by atoms with Crippen LogP contribution in [0.3, 0.4) is 0 Å². The van der Waals surface area contributed by atoms with Crippen molar-refractivity contribution in [3.8, 4) is 0 Å². The Morgan fingerprint density at radius 2 is 2.08 bits per heavy atom. The SMILES string of the molecule is CC1CCN(C)CCN1CCI. The molecular formula is C9H19IN2. The first-order valence-corrected chi connectivity index (χ1v) is 6.25. The number of likely N-dealkylation sites (N-methyl/N-ethyl adjacent to an activating group) is 1. The van der Waals surface area contributed by atoms with Crippen molar-refractivity contribution in [3.63, 3.8) is 0 Å². The third kappa shape index (κ3) is 3.18. The molecular weight excluding hydrogens is 263 g/mol. The average molecular weight is 282 g/mol. The largest absolute Gasteiger partial charge is 0.305 e. The van der Waals surface area contributed by atoms with E-state index in [1.165, 1.54) is 37.0 Å². The topological polar surface area (TPSA) is 6.48 Å². The van der Waals surface area contributed by atoms with Crippen molar-refractivity contribution in [2.24, 2.45) is 0 Å². The lowest BCUT2D eigenvalue weighted by atomic mass is 10.2. The number of nitrogens with zero attached hydrogens (tertiary/aromatic N) is 2. The summed E-state index contributed by atoms with van der Waals surface area (Å²) in [4.78, 5) is 5.04. The lowest BCUT2D eigenvalue weighted by Crippen LogP contribution is -2.35. The molecule has 3 heteroatoms. The van der Waals surface area contributed by atoms with Gasteiger partial charge >= 0.3 is 0 Å². The van der Waals surface area contributed by atoms with Crippen LogP contribution in [0.15, 0.2) is 0 Å². The standard InChI is InChI=1S/C9H19IN2/c1-9-3-5-11(2)7-8-12(9)6-4-10/h9H,3-8H2,1-2H3. The van der Waals surface area contributed by atoms with E-state index in [4.69, 9.17) is 0 Å². The highest BCUT2D eigenvalue weighted by Gasteiger charge is 2.17. The molecule has 0 radical (unpaired) electrons. The second kappa shape index (κ2) is 5.40. The van der Waals surface area contributed by atoms with Crippen molar-refractivity contribution in [2.45, 2.75) is 19.4 Å². The zero-order valence-corrected chi connectivity index (χ0v) is 10.2. The van der Waals surface area contributed by atoms with E-state index in [0.717, 1.165) is 6.04 Å². The van der Waals surface area contributed by atoms with Gasteiger partial charge in [-0.2, -0.15) is 0 Å². The highest BCUT2D eigenvalue weighted by atomic mass is 127. The van der Waals surface area contributed by atoms with Crippen LogP contribution in [0.1, 0.15) is 13.3 Å². The van der Waals surface area contributed by atoms with Crippen molar-refractivity contribution in [1.82, 2.24) is 9.80 Å². The smallest absolute Gasteiger partial charge is 0.0123 e. The second-order valence-corrected chi connectivity index (χ2v) is 4.74. The van der Waals surface area contributed by atoms with E-state index in [1.807, 2.05) is 0 Å². The van der Waals surface area contributed by atoms with Gasteiger partial charge in [0.2, 0.25) is 0 Å². The number of alkyl halides is 1. The summed E-state index contributed by atoms with van der Waals surface area (Å²) in [6.45, 7) is 7.36. The van der Waals surface area contributed by atoms with Crippen molar-refractivity contribution in [3.05, 3.63) is 0 Å². The van der Waals surface area contributed by atoms with E-state index < -0.39 is 0 Å². The van der Waals surface area contributed by atoms with Gasteiger partial charge in [0, 0.05) is 30.1 Å². The van der Waals surface area contributed by atoms with E-state index in [1.54, 1.807) is 0 Å². The number of hydrogen-bond acceptors (Lipinski definition) is 2. The van der Waals surface area contributed by atoms with Gasteiger partial charge in [0.15, 0.2) is 0 Å². The summed E-state index contributed by atoms with van der Waals surface area (Å²) < 4.78 is 1.26. The minimum absolute atomic E-state index is 0.782. The summed E-state index contributed by atoms with van der Waals surface area (Å²) in [6, 6.07) is 0.782. The normalized spacial score (nSPS) is 28.8. The summed E-state index contributed by atoms with van der Waals surface area (Å²) in [6.07, 6.45) is 1.33. The Morgan fingerprint density at radius 3 is 2.75 bits per heavy atom. The summed E-state index contributed by atoms with van der Waals surface area (Å²) in [5, 5.41) is 0. The molecule has 2 nitrogen and oxygen atoms in total. The minimum Gasteiger partial charge on any atom is -0.305 e. The van der Waals surface area contributed by atoms with E-state index in [0.29, 0.717) is 0 Å². The second-order valence-electron chi connectivity index (χ2n) is 3.67. The van der Waals surface area contributed by atoms with E-state index in [9.17, 15) is 0 Å². The molecule has 1 atom stereocenters. The molecule has 0 aliphatic carbocycles. The molecule has 0 bridgehead atoms. The summed E-state index contributed by atoms with van der Waals surface area (Å²) in [5.74, 6) is 0. The van der Waals surface area contributed by atoms with Gasteiger partial charge in [0.1, 0.15) is 0 Å². The fourth-order valence-electron chi connectivity index (χ4n) is 1.66. The molecule has 1 aliphatic rings. The Labute approximate surface area is 89.4 Å². The van der Waals surface area contributed by atoms with Gasteiger partial charge in [-0.25, -0.2) is 0 Å². The first kappa shape index (κ1) is 10.7. The van der Waals surface area contributed by atoms with E-state index in [-0.39, 0.29) is 0 Å². The van der Waals surface area contributed by atoms with Crippen LogP contribution < -0.4 is 0 Å². The molecule has 1 saturated heterocycles. The Bertz CT molecular complexity index is 130. The first-order chi connectivity index (χ1) is 5.74. The number of rotatable bonds is 2. The molecule has 0 aromatic rings. The summed E-state index contributed by atoms with van der Waals surface area (Å²) in [7, 11) is 2.22. The lowest BCUT2D eigenvalue weighted by molar-refractivity contribution is 0.232. The average Bonchev–Trinajstić information content (AvgIpc) is 2.20. The molecule has 0 spiro atoms. The maximum Gasteiger partial charge on any atom is 0.0123 e. The Kier molecular flexibility index (Phi) is 4.82. The van der Waals surface area contributed by atoms with Crippen LogP contribution in [0, 0.1) is 0 Å². The molecule has 0 aromatic heterocycles. The van der Waals surface area contributed by atoms with Crippen molar-refractivity contribution in [2.75, 3.05) is 37.7 Å². The van der Waals surface area contributed by atoms with Gasteiger partial charge in [-0.15, -0.1) is 0 Å². The first-order valence-electron chi connectivity index (χ1n) is 4.72. The van der Waals surface area contributed by atoms with Crippen molar-refractivity contribution < 1.29 is 0 Å². The van der Waals surface area contributed by atoms with Gasteiger partial charge in [-0.3, -0.25) is 4.90 Å². The zero-order valence-electron chi connectivity index (χ0n) is 8.09. The summed E-state index contributed by atoms with van der Waals surface area (Å²) in [5.41, 5.74) is 0. The molecule has 12 heavy (non-hydrogen) atoms. The predicted molar refractivity (Wildman–Crippen MR) is 62.0 cm³/mol. The Morgan fingerprint density at radius 1 is 1.33 bits per heavy atom. The van der Waals surface area contributed by atoms with Crippen LogP contribution in [-0.2, 0) is 0 Å².